The van der Waals surface area contributed by atoms with Crippen molar-refractivity contribution in [2.75, 3.05) is 17.7 Å². The molecule has 0 fully saturated rings. The first-order valence-corrected chi connectivity index (χ1v) is 6.91. The van der Waals surface area contributed by atoms with E-state index in [-0.39, 0.29) is 0 Å². The van der Waals surface area contributed by atoms with Gasteiger partial charge < -0.3 is 10.6 Å². The van der Waals surface area contributed by atoms with E-state index in [1.54, 1.807) is 12.4 Å². The van der Waals surface area contributed by atoms with Gasteiger partial charge in [0, 0.05) is 42.1 Å². The van der Waals surface area contributed by atoms with Gasteiger partial charge in [0.25, 0.3) is 0 Å². The first-order chi connectivity index (χ1) is 9.72. The number of benzene rings is 1. The Morgan fingerprint density at radius 1 is 1.15 bits per heavy atom. The normalized spacial score (nSPS) is 10.1. The molecule has 0 spiro atoms. The van der Waals surface area contributed by atoms with Crippen molar-refractivity contribution in [2.24, 2.45) is 0 Å². The lowest BCUT2D eigenvalue weighted by Crippen LogP contribution is -2.00. The predicted molar refractivity (Wildman–Crippen MR) is 86.9 cm³/mol. The fraction of sp³-hybridized carbons (Fsp3) is 0.235. The summed E-state index contributed by atoms with van der Waals surface area (Å²) in [5, 5.41) is 6.57. The third kappa shape index (κ3) is 3.60. The maximum Gasteiger partial charge on any atom is 0.0407 e. The Kier molecular flexibility index (Phi) is 4.77. The van der Waals surface area contributed by atoms with E-state index in [4.69, 9.17) is 0 Å². The average molecular weight is 267 g/mol. The molecule has 2 aromatic rings. The zero-order valence-corrected chi connectivity index (χ0v) is 12.1. The van der Waals surface area contributed by atoms with Crippen molar-refractivity contribution >= 4 is 17.1 Å². The Morgan fingerprint density at radius 2 is 1.85 bits per heavy atom. The number of hydrogen-bond acceptors (Lipinski definition) is 3. The van der Waals surface area contributed by atoms with Gasteiger partial charge in [0.1, 0.15) is 0 Å². The summed E-state index contributed by atoms with van der Waals surface area (Å²) in [6, 6.07) is 10.3. The standard InChI is InChI=1S/C17H21N3/c1-4-5-14-10-16(18-3)12-17(11-14)20-13(2)15-6-8-19-9-7-15/h6-12,18,20H,2,4-5H2,1,3H3. The summed E-state index contributed by atoms with van der Waals surface area (Å²) >= 11 is 0. The lowest BCUT2D eigenvalue weighted by Gasteiger charge is -2.13. The van der Waals surface area contributed by atoms with E-state index < -0.39 is 0 Å². The monoisotopic (exact) mass is 267 g/mol. The number of aryl methyl sites for hydroxylation is 1. The number of pyridine rings is 1. The summed E-state index contributed by atoms with van der Waals surface area (Å²) in [5.41, 5.74) is 5.42. The smallest absolute Gasteiger partial charge is 0.0407 e. The molecule has 2 rings (SSSR count). The maximum atomic E-state index is 4.09. The molecule has 20 heavy (non-hydrogen) atoms. The van der Waals surface area contributed by atoms with Gasteiger partial charge >= 0.3 is 0 Å². The largest absolute Gasteiger partial charge is 0.388 e. The third-order valence-electron chi connectivity index (χ3n) is 3.14. The number of aromatic nitrogens is 1. The summed E-state index contributed by atoms with van der Waals surface area (Å²) < 4.78 is 0. The van der Waals surface area contributed by atoms with E-state index in [0.29, 0.717) is 0 Å². The van der Waals surface area contributed by atoms with Crippen LogP contribution in [-0.4, -0.2) is 12.0 Å². The molecule has 0 aliphatic heterocycles. The molecule has 0 aliphatic rings. The maximum absolute atomic E-state index is 4.09. The quantitative estimate of drug-likeness (QED) is 0.825. The molecule has 0 saturated carbocycles. The molecule has 1 heterocycles. The molecule has 2 N–H and O–H groups in total. The van der Waals surface area contributed by atoms with Gasteiger partial charge in [-0.3, -0.25) is 4.98 Å². The van der Waals surface area contributed by atoms with Crippen LogP contribution in [0.5, 0.6) is 0 Å². The molecule has 0 saturated heterocycles. The Morgan fingerprint density at radius 3 is 2.50 bits per heavy atom. The fourth-order valence-electron chi connectivity index (χ4n) is 2.14. The van der Waals surface area contributed by atoms with Crippen LogP contribution in [0.4, 0.5) is 11.4 Å². The van der Waals surface area contributed by atoms with Crippen LogP contribution in [0.15, 0.2) is 49.3 Å². The van der Waals surface area contributed by atoms with Crippen LogP contribution < -0.4 is 10.6 Å². The van der Waals surface area contributed by atoms with Gasteiger partial charge in [-0.25, -0.2) is 0 Å². The SMILES string of the molecule is C=C(Nc1cc(CCC)cc(NC)c1)c1ccncc1. The average Bonchev–Trinajstić information content (AvgIpc) is 2.48. The van der Waals surface area contributed by atoms with Crippen molar-refractivity contribution < 1.29 is 0 Å². The van der Waals surface area contributed by atoms with Gasteiger partial charge in [-0.1, -0.05) is 19.9 Å². The van der Waals surface area contributed by atoms with Crippen LogP contribution in [0.2, 0.25) is 0 Å². The molecule has 0 bridgehead atoms. The van der Waals surface area contributed by atoms with Crippen LogP contribution >= 0.6 is 0 Å². The molecular formula is C17H21N3. The number of rotatable bonds is 6. The second-order valence-corrected chi connectivity index (χ2v) is 4.76. The van der Waals surface area contributed by atoms with E-state index in [1.807, 2.05) is 19.2 Å². The minimum atomic E-state index is 0.878. The van der Waals surface area contributed by atoms with E-state index >= 15 is 0 Å². The molecular weight excluding hydrogens is 246 g/mol. The van der Waals surface area contributed by atoms with Crippen LogP contribution in [0.3, 0.4) is 0 Å². The van der Waals surface area contributed by atoms with Crippen LogP contribution in [0.25, 0.3) is 5.70 Å². The predicted octanol–water partition coefficient (Wildman–Crippen LogP) is 4.16. The molecule has 0 amide bonds. The highest BCUT2D eigenvalue weighted by atomic mass is 14.9. The summed E-state index contributed by atoms with van der Waals surface area (Å²) in [7, 11) is 1.94. The van der Waals surface area contributed by atoms with Crippen LogP contribution in [0, 0.1) is 0 Å². The fourth-order valence-corrected chi connectivity index (χ4v) is 2.14. The van der Waals surface area contributed by atoms with Gasteiger partial charge in [0.2, 0.25) is 0 Å². The van der Waals surface area contributed by atoms with Gasteiger partial charge in [-0.2, -0.15) is 0 Å². The van der Waals surface area contributed by atoms with Gasteiger partial charge in [0.05, 0.1) is 0 Å². The first kappa shape index (κ1) is 14.1. The highest BCUT2D eigenvalue weighted by Crippen LogP contribution is 2.23. The number of nitrogens with zero attached hydrogens (tertiary/aromatic N) is 1. The highest BCUT2D eigenvalue weighted by molar-refractivity contribution is 5.76. The van der Waals surface area contributed by atoms with Crippen molar-refractivity contribution in [2.45, 2.75) is 19.8 Å². The van der Waals surface area contributed by atoms with E-state index in [0.717, 1.165) is 35.5 Å². The molecule has 0 radical (unpaired) electrons. The Labute approximate surface area is 120 Å². The first-order valence-electron chi connectivity index (χ1n) is 6.91. The van der Waals surface area contributed by atoms with E-state index in [9.17, 15) is 0 Å². The van der Waals surface area contributed by atoms with Crippen molar-refractivity contribution in [1.29, 1.82) is 0 Å². The summed E-state index contributed by atoms with van der Waals surface area (Å²) in [5.74, 6) is 0. The number of anilines is 2. The zero-order chi connectivity index (χ0) is 14.4. The minimum absolute atomic E-state index is 0.878. The van der Waals surface area contributed by atoms with Gasteiger partial charge in [0.15, 0.2) is 0 Å². The summed E-state index contributed by atoms with van der Waals surface area (Å²) in [4.78, 5) is 4.02. The van der Waals surface area contributed by atoms with Crippen molar-refractivity contribution in [3.63, 3.8) is 0 Å². The molecule has 3 nitrogen and oxygen atoms in total. The Hall–Kier alpha value is -2.29. The molecule has 1 aromatic carbocycles. The van der Waals surface area contributed by atoms with E-state index in [2.05, 4.69) is 47.3 Å². The number of hydrogen-bond donors (Lipinski definition) is 2. The van der Waals surface area contributed by atoms with Gasteiger partial charge in [-0.15, -0.1) is 0 Å². The van der Waals surface area contributed by atoms with E-state index in [1.165, 1.54) is 5.56 Å². The highest BCUT2D eigenvalue weighted by Gasteiger charge is 2.03. The van der Waals surface area contributed by atoms with Crippen LogP contribution in [0.1, 0.15) is 24.5 Å². The van der Waals surface area contributed by atoms with Crippen molar-refractivity contribution in [3.8, 4) is 0 Å². The van der Waals surface area contributed by atoms with Crippen molar-refractivity contribution in [1.82, 2.24) is 4.98 Å². The van der Waals surface area contributed by atoms with Crippen LogP contribution in [-0.2, 0) is 6.42 Å². The van der Waals surface area contributed by atoms with Crippen molar-refractivity contribution in [3.05, 3.63) is 60.4 Å². The molecule has 1 aromatic heterocycles. The number of nitrogens with one attached hydrogen (secondary N) is 2. The lowest BCUT2D eigenvalue weighted by molar-refractivity contribution is 0.922. The second-order valence-electron chi connectivity index (χ2n) is 4.76. The lowest BCUT2D eigenvalue weighted by atomic mass is 10.1. The molecule has 3 heteroatoms. The topological polar surface area (TPSA) is 37.0 Å². The van der Waals surface area contributed by atoms with Gasteiger partial charge in [-0.05, 0) is 42.3 Å². The summed E-state index contributed by atoms with van der Waals surface area (Å²) in [6.07, 6.45) is 5.76. The second kappa shape index (κ2) is 6.75. The minimum Gasteiger partial charge on any atom is -0.388 e. The Balaban J connectivity index is 2.20. The third-order valence-corrected chi connectivity index (χ3v) is 3.14. The molecule has 0 unspecified atom stereocenters. The molecule has 0 atom stereocenters. The Bertz CT molecular complexity index is 576. The summed E-state index contributed by atoms with van der Waals surface area (Å²) in [6.45, 7) is 6.28. The molecule has 104 valence electrons. The molecule has 0 aliphatic carbocycles. The zero-order valence-electron chi connectivity index (χ0n) is 12.1.